The largest absolute Gasteiger partial charge is 0.354 e. The summed E-state index contributed by atoms with van der Waals surface area (Å²) >= 11 is 0. The van der Waals surface area contributed by atoms with E-state index in [1.165, 1.54) is 16.7 Å². The quantitative estimate of drug-likeness (QED) is 0.813. The number of hydrogen-bond acceptors (Lipinski definition) is 5. The fourth-order valence-electron chi connectivity index (χ4n) is 3.75. The standard InChI is InChI=1S/C21H27N5O/c27-21(24-14-17-4-5-18-15-22-16-19(18)13-17)6-8-25-9-11-26(12-10-25)20-3-1-2-7-23-20/h1-5,7,13,22H,6,8-12,14-16H2,(H,24,27). The summed E-state index contributed by atoms with van der Waals surface area (Å²) < 4.78 is 0. The van der Waals surface area contributed by atoms with Crippen LogP contribution < -0.4 is 15.5 Å². The molecule has 6 nitrogen and oxygen atoms in total. The molecule has 6 heteroatoms. The van der Waals surface area contributed by atoms with Crippen LogP contribution in [0, 0.1) is 0 Å². The summed E-state index contributed by atoms with van der Waals surface area (Å²) in [4.78, 5) is 21.3. The zero-order valence-corrected chi connectivity index (χ0v) is 15.7. The number of carbonyl (C=O) groups is 1. The molecule has 1 saturated heterocycles. The minimum atomic E-state index is 0.126. The maximum Gasteiger partial charge on any atom is 0.221 e. The Hall–Kier alpha value is -2.44. The molecule has 2 aromatic rings. The minimum Gasteiger partial charge on any atom is -0.354 e. The Bertz CT molecular complexity index is 771. The molecule has 142 valence electrons. The van der Waals surface area contributed by atoms with Crippen molar-refractivity contribution in [3.63, 3.8) is 0 Å². The summed E-state index contributed by atoms with van der Waals surface area (Å²) in [6.45, 7) is 7.18. The predicted octanol–water partition coefficient (Wildman–Crippen LogP) is 1.51. The molecule has 0 aliphatic carbocycles. The lowest BCUT2D eigenvalue weighted by molar-refractivity contribution is -0.121. The number of nitrogens with zero attached hydrogens (tertiary/aromatic N) is 3. The molecule has 0 bridgehead atoms. The summed E-state index contributed by atoms with van der Waals surface area (Å²) in [6.07, 6.45) is 2.39. The zero-order chi connectivity index (χ0) is 18.5. The average molecular weight is 365 g/mol. The monoisotopic (exact) mass is 365 g/mol. The Morgan fingerprint density at radius 3 is 2.74 bits per heavy atom. The predicted molar refractivity (Wildman–Crippen MR) is 106 cm³/mol. The van der Waals surface area contributed by atoms with Crippen LogP contribution in [0.4, 0.5) is 5.82 Å². The van der Waals surface area contributed by atoms with Gasteiger partial charge in [0.15, 0.2) is 0 Å². The van der Waals surface area contributed by atoms with Crippen molar-refractivity contribution in [3.8, 4) is 0 Å². The smallest absolute Gasteiger partial charge is 0.221 e. The maximum atomic E-state index is 12.2. The van der Waals surface area contributed by atoms with Crippen LogP contribution in [0.15, 0.2) is 42.6 Å². The molecule has 0 saturated carbocycles. The van der Waals surface area contributed by atoms with Crippen LogP contribution in [0.25, 0.3) is 0 Å². The Kier molecular flexibility index (Phi) is 5.65. The molecule has 4 rings (SSSR count). The van der Waals surface area contributed by atoms with Crippen molar-refractivity contribution in [1.82, 2.24) is 20.5 Å². The minimum absolute atomic E-state index is 0.126. The molecule has 0 unspecified atom stereocenters. The first-order valence-corrected chi connectivity index (χ1v) is 9.74. The molecule has 1 fully saturated rings. The highest BCUT2D eigenvalue weighted by atomic mass is 16.1. The van der Waals surface area contributed by atoms with E-state index in [0.29, 0.717) is 13.0 Å². The Balaban J connectivity index is 1.17. The molecule has 1 aromatic heterocycles. The number of rotatable bonds is 6. The van der Waals surface area contributed by atoms with E-state index in [2.05, 4.69) is 49.7 Å². The number of fused-ring (bicyclic) bond motifs is 1. The first kappa shape index (κ1) is 17.9. The molecular formula is C21H27N5O. The summed E-state index contributed by atoms with van der Waals surface area (Å²) in [5.41, 5.74) is 3.90. The fourth-order valence-corrected chi connectivity index (χ4v) is 3.75. The van der Waals surface area contributed by atoms with E-state index in [1.807, 2.05) is 18.3 Å². The van der Waals surface area contributed by atoms with Crippen molar-refractivity contribution >= 4 is 11.7 Å². The van der Waals surface area contributed by atoms with Gasteiger partial charge in [0.05, 0.1) is 0 Å². The molecule has 1 amide bonds. The second kappa shape index (κ2) is 8.50. The van der Waals surface area contributed by atoms with Crippen LogP contribution in [-0.4, -0.2) is 48.5 Å². The van der Waals surface area contributed by atoms with E-state index in [-0.39, 0.29) is 5.91 Å². The van der Waals surface area contributed by atoms with Crippen LogP contribution in [-0.2, 0) is 24.4 Å². The topological polar surface area (TPSA) is 60.5 Å². The van der Waals surface area contributed by atoms with Crippen molar-refractivity contribution < 1.29 is 4.79 Å². The highest BCUT2D eigenvalue weighted by molar-refractivity contribution is 5.76. The van der Waals surface area contributed by atoms with Gasteiger partial charge in [-0.15, -0.1) is 0 Å². The third kappa shape index (κ3) is 4.64. The van der Waals surface area contributed by atoms with E-state index in [4.69, 9.17) is 0 Å². The van der Waals surface area contributed by atoms with Gasteiger partial charge in [-0.3, -0.25) is 9.69 Å². The van der Waals surface area contributed by atoms with Crippen molar-refractivity contribution in [3.05, 3.63) is 59.3 Å². The molecule has 0 atom stereocenters. The van der Waals surface area contributed by atoms with Gasteiger partial charge in [-0.25, -0.2) is 4.98 Å². The van der Waals surface area contributed by atoms with Gasteiger partial charge in [0, 0.05) is 65.0 Å². The fraction of sp³-hybridized carbons (Fsp3) is 0.429. The number of benzene rings is 1. The number of anilines is 1. The Morgan fingerprint density at radius 2 is 1.93 bits per heavy atom. The molecule has 27 heavy (non-hydrogen) atoms. The van der Waals surface area contributed by atoms with E-state index in [0.717, 1.165) is 51.6 Å². The third-order valence-corrected chi connectivity index (χ3v) is 5.39. The SMILES string of the molecule is O=C(CCN1CCN(c2ccccn2)CC1)NCc1ccc2c(c1)CNC2. The molecule has 2 N–H and O–H groups in total. The number of nitrogens with one attached hydrogen (secondary N) is 2. The molecule has 3 heterocycles. The maximum absolute atomic E-state index is 12.2. The molecule has 1 aromatic carbocycles. The number of amides is 1. The second-order valence-corrected chi connectivity index (χ2v) is 7.25. The molecular weight excluding hydrogens is 338 g/mol. The van der Waals surface area contributed by atoms with E-state index < -0.39 is 0 Å². The van der Waals surface area contributed by atoms with Gasteiger partial charge in [0.2, 0.25) is 5.91 Å². The number of carbonyl (C=O) groups excluding carboxylic acids is 1. The van der Waals surface area contributed by atoms with Crippen LogP contribution in [0.3, 0.4) is 0 Å². The molecule has 0 spiro atoms. The molecule has 2 aliphatic rings. The van der Waals surface area contributed by atoms with Crippen molar-refractivity contribution in [2.75, 3.05) is 37.6 Å². The summed E-state index contributed by atoms with van der Waals surface area (Å²) in [5.74, 6) is 1.17. The van der Waals surface area contributed by atoms with E-state index >= 15 is 0 Å². The van der Waals surface area contributed by atoms with Crippen LogP contribution in [0.2, 0.25) is 0 Å². The second-order valence-electron chi connectivity index (χ2n) is 7.25. The lowest BCUT2D eigenvalue weighted by Gasteiger charge is -2.35. The van der Waals surface area contributed by atoms with Gasteiger partial charge in [0.25, 0.3) is 0 Å². The van der Waals surface area contributed by atoms with Crippen molar-refractivity contribution in [1.29, 1.82) is 0 Å². The molecule has 2 aliphatic heterocycles. The van der Waals surface area contributed by atoms with Crippen molar-refractivity contribution in [2.45, 2.75) is 26.1 Å². The van der Waals surface area contributed by atoms with Crippen LogP contribution in [0.5, 0.6) is 0 Å². The lowest BCUT2D eigenvalue weighted by atomic mass is 10.1. The van der Waals surface area contributed by atoms with Crippen molar-refractivity contribution in [2.24, 2.45) is 0 Å². The number of pyridine rings is 1. The van der Waals surface area contributed by atoms with E-state index in [9.17, 15) is 4.79 Å². The number of aromatic nitrogens is 1. The lowest BCUT2D eigenvalue weighted by Crippen LogP contribution is -2.47. The Morgan fingerprint density at radius 1 is 1.07 bits per heavy atom. The van der Waals surface area contributed by atoms with Crippen LogP contribution >= 0.6 is 0 Å². The average Bonchev–Trinajstić information content (AvgIpc) is 3.19. The first-order chi connectivity index (χ1) is 13.3. The van der Waals surface area contributed by atoms with Gasteiger partial charge in [0.1, 0.15) is 5.82 Å². The van der Waals surface area contributed by atoms with Gasteiger partial charge in [-0.2, -0.15) is 0 Å². The number of piperazine rings is 1. The molecule has 0 radical (unpaired) electrons. The van der Waals surface area contributed by atoms with E-state index in [1.54, 1.807) is 0 Å². The number of hydrogen-bond donors (Lipinski definition) is 2. The van der Waals surface area contributed by atoms with Gasteiger partial charge < -0.3 is 15.5 Å². The first-order valence-electron chi connectivity index (χ1n) is 9.74. The van der Waals surface area contributed by atoms with Gasteiger partial charge >= 0.3 is 0 Å². The van der Waals surface area contributed by atoms with Gasteiger partial charge in [-0.05, 0) is 28.8 Å². The van der Waals surface area contributed by atoms with Gasteiger partial charge in [-0.1, -0.05) is 24.3 Å². The highest BCUT2D eigenvalue weighted by Gasteiger charge is 2.18. The third-order valence-electron chi connectivity index (χ3n) is 5.39. The Labute approximate surface area is 160 Å². The van der Waals surface area contributed by atoms with Crippen LogP contribution in [0.1, 0.15) is 23.1 Å². The summed E-state index contributed by atoms with van der Waals surface area (Å²) in [5, 5.41) is 6.41. The zero-order valence-electron chi connectivity index (χ0n) is 15.7. The summed E-state index contributed by atoms with van der Waals surface area (Å²) in [7, 11) is 0. The highest BCUT2D eigenvalue weighted by Crippen LogP contribution is 2.17. The summed E-state index contributed by atoms with van der Waals surface area (Å²) in [6, 6.07) is 12.5. The normalized spacial score (nSPS) is 17.0.